The van der Waals surface area contributed by atoms with Gasteiger partial charge in [-0.25, -0.2) is 14.0 Å². The summed E-state index contributed by atoms with van der Waals surface area (Å²) >= 11 is 0. The fourth-order valence-electron chi connectivity index (χ4n) is 2.94. The van der Waals surface area contributed by atoms with Gasteiger partial charge in [0.05, 0.1) is 7.11 Å². The third-order valence-corrected chi connectivity index (χ3v) is 3.87. The predicted molar refractivity (Wildman–Crippen MR) is 84.7 cm³/mol. The molecule has 0 radical (unpaired) electrons. The molecule has 0 aromatic heterocycles. The Morgan fingerprint density at radius 1 is 1.33 bits per heavy atom. The van der Waals surface area contributed by atoms with E-state index in [9.17, 15) is 19.1 Å². The number of ether oxygens (including phenoxy) is 2. The molecule has 1 amide bonds. The predicted octanol–water partition coefficient (Wildman–Crippen LogP) is 3.01. The highest BCUT2D eigenvalue weighted by Gasteiger charge is 2.45. The lowest BCUT2D eigenvalue weighted by Crippen LogP contribution is -2.45. The van der Waals surface area contributed by atoms with Crippen LogP contribution in [0.1, 0.15) is 38.7 Å². The lowest BCUT2D eigenvalue weighted by molar-refractivity contribution is -0.142. The van der Waals surface area contributed by atoms with Crippen LogP contribution in [0, 0.1) is 5.82 Å². The number of carbonyl (C=O) groups excluding carboxylic acids is 1. The van der Waals surface area contributed by atoms with E-state index in [1.54, 1.807) is 20.8 Å². The Bertz CT molecular complexity index is 640. The zero-order chi connectivity index (χ0) is 18.1. The minimum atomic E-state index is -1.16. The lowest BCUT2D eigenvalue weighted by Gasteiger charge is -2.28. The molecule has 1 aromatic rings. The van der Waals surface area contributed by atoms with Crippen molar-refractivity contribution in [2.45, 2.75) is 44.8 Å². The lowest BCUT2D eigenvalue weighted by atomic mass is 9.91. The first-order valence-corrected chi connectivity index (χ1v) is 7.70. The summed E-state index contributed by atoms with van der Waals surface area (Å²) in [6.45, 7) is 5.35. The second-order valence-corrected chi connectivity index (χ2v) is 6.74. The number of carboxylic acid groups (broad SMARTS) is 1. The molecule has 1 aromatic carbocycles. The quantitative estimate of drug-likeness (QED) is 0.916. The van der Waals surface area contributed by atoms with E-state index in [-0.39, 0.29) is 6.54 Å². The average Bonchev–Trinajstić information content (AvgIpc) is 2.90. The molecule has 7 heteroatoms. The number of aliphatic carboxylic acids is 1. The maximum absolute atomic E-state index is 13.6. The molecule has 2 rings (SSSR count). The van der Waals surface area contributed by atoms with Gasteiger partial charge >= 0.3 is 12.1 Å². The summed E-state index contributed by atoms with van der Waals surface area (Å²) in [5, 5.41) is 9.61. The summed E-state index contributed by atoms with van der Waals surface area (Å²) in [5.74, 6) is -1.81. The highest BCUT2D eigenvalue weighted by Crippen LogP contribution is 2.39. The van der Waals surface area contributed by atoms with Crippen LogP contribution in [0.15, 0.2) is 18.2 Å². The Hall–Kier alpha value is -2.31. The van der Waals surface area contributed by atoms with Crippen molar-refractivity contribution in [3.05, 3.63) is 29.6 Å². The van der Waals surface area contributed by atoms with E-state index in [2.05, 4.69) is 0 Å². The molecule has 1 aliphatic heterocycles. The Balaban J connectivity index is 2.35. The van der Waals surface area contributed by atoms with Gasteiger partial charge in [-0.05, 0) is 45.4 Å². The van der Waals surface area contributed by atoms with Crippen LogP contribution >= 0.6 is 0 Å². The van der Waals surface area contributed by atoms with Gasteiger partial charge in [0, 0.05) is 18.0 Å². The number of amides is 1. The van der Waals surface area contributed by atoms with E-state index in [0.717, 1.165) is 0 Å². The highest BCUT2D eigenvalue weighted by atomic mass is 19.1. The van der Waals surface area contributed by atoms with Crippen molar-refractivity contribution >= 4 is 12.1 Å². The number of carbonyl (C=O) groups is 2. The molecular weight excluding hydrogens is 317 g/mol. The molecule has 132 valence electrons. The molecule has 24 heavy (non-hydrogen) atoms. The van der Waals surface area contributed by atoms with Crippen molar-refractivity contribution < 1.29 is 28.6 Å². The second-order valence-electron chi connectivity index (χ2n) is 6.74. The van der Waals surface area contributed by atoms with E-state index < -0.39 is 35.4 Å². The molecule has 0 bridgehead atoms. The summed E-state index contributed by atoms with van der Waals surface area (Å²) in [4.78, 5) is 25.3. The van der Waals surface area contributed by atoms with Crippen LogP contribution in [0.25, 0.3) is 0 Å². The van der Waals surface area contributed by atoms with Crippen molar-refractivity contribution in [1.29, 1.82) is 0 Å². The molecule has 1 N–H and O–H groups in total. The first-order valence-electron chi connectivity index (χ1n) is 7.70. The third-order valence-electron chi connectivity index (χ3n) is 3.87. The molecule has 2 atom stereocenters. The number of rotatable bonds is 3. The van der Waals surface area contributed by atoms with Crippen LogP contribution in [-0.2, 0) is 9.53 Å². The van der Waals surface area contributed by atoms with E-state index >= 15 is 0 Å². The zero-order valence-corrected chi connectivity index (χ0v) is 14.2. The Labute approximate surface area is 140 Å². The largest absolute Gasteiger partial charge is 0.496 e. The number of methoxy groups -OCH3 is 1. The molecule has 1 aliphatic rings. The summed E-state index contributed by atoms with van der Waals surface area (Å²) in [6.07, 6.45) is -0.302. The van der Waals surface area contributed by atoms with Crippen molar-refractivity contribution in [2.24, 2.45) is 0 Å². The second kappa shape index (κ2) is 6.67. The van der Waals surface area contributed by atoms with Crippen LogP contribution < -0.4 is 4.74 Å². The normalized spacial score (nSPS) is 20.8. The topological polar surface area (TPSA) is 76.1 Å². The zero-order valence-electron chi connectivity index (χ0n) is 14.2. The van der Waals surface area contributed by atoms with Crippen LogP contribution in [0.4, 0.5) is 9.18 Å². The fraction of sp³-hybridized carbons (Fsp3) is 0.529. The molecule has 1 saturated heterocycles. The first-order chi connectivity index (χ1) is 11.1. The van der Waals surface area contributed by atoms with Gasteiger partial charge in [-0.15, -0.1) is 0 Å². The van der Waals surface area contributed by atoms with Gasteiger partial charge in [0.25, 0.3) is 0 Å². The van der Waals surface area contributed by atoms with Crippen molar-refractivity contribution in [3.8, 4) is 5.75 Å². The number of hydrogen-bond donors (Lipinski definition) is 1. The maximum atomic E-state index is 13.6. The van der Waals surface area contributed by atoms with Gasteiger partial charge in [0.15, 0.2) is 0 Å². The first kappa shape index (κ1) is 18.0. The van der Waals surface area contributed by atoms with Crippen molar-refractivity contribution in [1.82, 2.24) is 4.90 Å². The molecule has 0 saturated carbocycles. The smallest absolute Gasteiger partial charge is 0.411 e. The summed E-state index contributed by atoms with van der Waals surface area (Å²) in [7, 11) is 1.44. The minimum absolute atomic E-state index is 0.218. The number of likely N-dealkylation sites (tertiary alicyclic amines) is 1. The SMILES string of the molecule is COc1ccc(F)cc1[C@@H]1CCN(C(=O)OC(C)(C)C)[C@H]1C(=O)O. The standard InChI is InChI=1S/C17H22FNO5/c1-17(2,3)24-16(22)19-8-7-11(14(19)15(20)21)12-9-10(18)5-6-13(12)23-4/h5-6,9,11,14H,7-8H2,1-4H3,(H,20,21)/t11-,14+/m0/s1. The van der Waals surface area contributed by atoms with Crippen LogP contribution in [0.5, 0.6) is 5.75 Å². The van der Waals surface area contributed by atoms with Gasteiger partial charge in [-0.1, -0.05) is 0 Å². The van der Waals surface area contributed by atoms with Crippen LogP contribution in [0.2, 0.25) is 0 Å². The number of nitrogens with zero attached hydrogens (tertiary/aromatic N) is 1. The molecule has 0 aliphatic carbocycles. The van der Waals surface area contributed by atoms with Gasteiger partial charge in [-0.2, -0.15) is 0 Å². The Kier molecular flexibility index (Phi) is 5.01. The Morgan fingerprint density at radius 2 is 2.00 bits per heavy atom. The maximum Gasteiger partial charge on any atom is 0.411 e. The van der Waals surface area contributed by atoms with E-state index in [1.807, 2.05) is 0 Å². The van der Waals surface area contributed by atoms with E-state index in [0.29, 0.717) is 17.7 Å². The monoisotopic (exact) mass is 339 g/mol. The Morgan fingerprint density at radius 3 is 2.54 bits per heavy atom. The molecule has 0 unspecified atom stereocenters. The summed E-state index contributed by atoms with van der Waals surface area (Å²) < 4.78 is 24.1. The molecular formula is C17H22FNO5. The number of halogens is 1. The number of hydrogen-bond acceptors (Lipinski definition) is 4. The van der Waals surface area contributed by atoms with Crippen molar-refractivity contribution in [3.63, 3.8) is 0 Å². The molecule has 0 spiro atoms. The molecule has 1 heterocycles. The highest BCUT2D eigenvalue weighted by molar-refractivity contribution is 5.82. The van der Waals surface area contributed by atoms with Crippen molar-refractivity contribution in [2.75, 3.05) is 13.7 Å². The minimum Gasteiger partial charge on any atom is -0.496 e. The van der Waals surface area contributed by atoms with Gasteiger partial charge in [0.1, 0.15) is 23.2 Å². The summed E-state index contributed by atoms with van der Waals surface area (Å²) in [5.41, 5.74) is -0.287. The number of carboxylic acids is 1. The van der Waals surface area contributed by atoms with E-state index in [1.165, 1.54) is 30.2 Å². The van der Waals surface area contributed by atoms with Crippen LogP contribution in [-0.4, -0.2) is 47.4 Å². The molecule has 1 fully saturated rings. The fourth-order valence-corrected chi connectivity index (χ4v) is 2.94. The van der Waals surface area contributed by atoms with Gasteiger partial charge in [-0.3, -0.25) is 4.90 Å². The van der Waals surface area contributed by atoms with Gasteiger partial charge in [0.2, 0.25) is 0 Å². The van der Waals surface area contributed by atoms with Crippen LogP contribution in [0.3, 0.4) is 0 Å². The average molecular weight is 339 g/mol. The number of benzene rings is 1. The molecule has 6 nitrogen and oxygen atoms in total. The van der Waals surface area contributed by atoms with E-state index in [4.69, 9.17) is 9.47 Å². The van der Waals surface area contributed by atoms with Gasteiger partial charge < -0.3 is 14.6 Å². The summed E-state index contributed by atoms with van der Waals surface area (Å²) in [6, 6.07) is 2.84. The third kappa shape index (κ3) is 3.77.